The zero-order valence-electron chi connectivity index (χ0n) is 31.2. The lowest BCUT2D eigenvalue weighted by Gasteiger charge is -2.03. The van der Waals surface area contributed by atoms with Crippen molar-refractivity contribution in [3.63, 3.8) is 0 Å². The third kappa shape index (κ3) is 8.01. The molecule has 0 spiro atoms. The summed E-state index contributed by atoms with van der Waals surface area (Å²) in [7, 11) is 5.54. The maximum absolute atomic E-state index is 12.3. The standard InChI is InChI=1S/C40H48N4O8/c1-21-25(9-13-37(45)49-5)33-18-30-23(3)27(11-15-39(47)51-7)35(43-30)20-32-24(4)28(12-16-40(48)52-8)36(44-32)19-31-22(2)26(10-14-38(46)50-6)34(42-31)17-29(21)41-33/h17-20,41-44H,9-16H2,1-8H3. The number of carbonyl (C=O) groups excluding carboxylic acids is 4. The molecule has 1 aliphatic rings. The minimum atomic E-state index is -0.301. The van der Waals surface area contributed by atoms with Crippen LogP contribution in [0.3, 0.4) is 0 Å². The SMILES string of the molecule is COC(=O)CCc1c2[nH]c(c1C)C=c1[nH]c(c(C)c1CCC(=O)OC)=Cc1[nH]c(c(C)c1CCC(=O)OC)C=c1[nH]c(c(C)c1CCC(=O)OC)=C2. The Kier molecular flexibility index (Phi) is 11.8. The zero-order chi connectivity index (χ0) is 37.7. The number of fused-ring (bicyclic) bond motifs is 8. The van der Waals surface area contributed by atoms with Gasteiger partial charge in [-0.3, -0.25) is 19.2 Å². The molecule has 8 bridgehead atoms. The number of ether oxygens (including phenoxy) is 4. The molecular weight excluding hydrogens is 664 g/mol. The molecule has 0 saturated carbocycles. The molecule has 52 heavy (non-hydrogen) atoms. The molecule has 4 aromatic rings. The van der Waals surface area contributed by atoms with Crippen molar-refractivity contribution in [2.24, 2.45) is 0 Å². The third-order valence-corrected chi connectivity index (χ3v) is 10.2. The van der Waals surface area contributed by atoms with E-state index >= 15 is 0 Å². The van der Waals surface area contributed by atoms with Gasteiger partial charge in [-0.25, -0.2) is 0 Å². The van der Waals surface area contributed by atoms with Gasteiger partial charge in [0.25, 0.3) is 0 Å². The van der Waals surface area contributed by atoms with E-state index < -0.39 is 0 Å². The monoisotopic (exact) mass is 712 g/mol. The Morgan fingerprint density at radius 3 is 1.00 bits per heavy atom. The quantitative estimate of drug-likeness (QED) is 0.113. The van der Waals surface area contributed by atoms with E-state index in [9.17, 15) is 19.2 Å². The highest BCUT2D eigenvalue weighted by Gasteiger charge is 2.19. The molecule has 5 heterocycles. The van der Waals surface area contributed by atoms with Gasteiger partial charge >= 0.3 is 23.9 Å². The number of carbonyl (C=O) groups is 4. The topological polar surface area (TPSA) is 168 Å². The molecule has 4 N–H and O–H groups in total. The highest BCUT2D eigenvalue weighted by molar-refractivity contribution is 5.73. The predicted molar refractivity (Wildman–Crippen MR) is 196 cm³/mol. The normalized spacial score (nSPS) is 11.8. The molecule has 0 aromatic carbocycles. The van der Waals surface area contributed by atoms with Gasteiger partial charge in [0.2, 0.25) is 0 Å². The van der Waals surface area contributed by atoms with E-state index in [1.807, 2.05) is 52.0 Å². The second-order valence-corrected chi connectivity index (χ2v) is 13.1. The molecule has 1 aliphatic heterocycles. The summed E-state index contributed by atoms with van der Waals surface area (Å²) in [6, 6.07) is 0. The maximum atomic E-state index is 12.3. The summed E-state index contributed by atoms with van der Waals surface area (Å²) in [6.07, 6.45) is 10.8. The van der Waals surface area contributed by atoms with Crippen LogP contribution in [0.15, 0.2) is 0 Å². The molecule has 276 valence electrons. The Morgan fingerprint density at radius 1 is 0.404 bits per heavy atom. The number of H-pyrrole nitrogens is 4. The van der Waals surface area contributed by atoms with Gasteiger partial charge in [-0.05, 0) is 122 Å². The molecule has 0 aliphatic carbocycles. The highest BCUT2D eigenvalue weighted by atomic mass is 16.5. The number of methoxy groups -OCH3 is 4. The van der Waals surface area contributed by atoms with E-state index in [1.54, 1.807) is 0 Å². The lowest BCUT2D eigenvalue weighted by molar-refractivity contribution is -0.141. The smallest absolute Gasteiger partial charge is 0.305 e. The van der Waals surface area contributed by atoms with Crippen LogP contribution in [-0.2, 0) is 63.8 Å². The van der Waals surface area contributed by atoms with Crippen LogP contribution >= 0.6 is 0 Å². The zero-order valence-corrected chi connectivity index (χ0v) is 31.2. The van der Waals surface area contributed by atoms with Crippen molar-refractivity contribution in [2.45, 2.75) is 79.1 Å². The second kappa shape index (κ2) is 16.2. The van der Waals surface area contributed by atoms with Gasteiger partial charge in [0.1, 0.15) is 0 Å². The van der Waals surface area contributed by atoms with E-state index in [4.69, 9.17) is 18.9 Å². The summed E-state index contributed by atoms with van der Waals surface area (Å²) in [6.45, 7) is 8.10. The first-order valence-corrected chi connectivity index (χ1v) is 17.4. The predicted octanol–water partition coefficient (Wildman–Crippen LogP) is 2.28. The van der Waals surface area contributed by atoms with Crippen LogP contribution in [0.25, 0.3) is 24.3 Å². The van der Waals surface area contributed by atoms with Gasteiger partial charge < -0.3 is 38.9 Å². The number of aromatic nitrogens is 4. The van der Waals surface area contributed by atoms with E-state index in [0.29, 0.717) is 25.7 Å². The molecule has 4 aromatic heterocycles. The van der Waals surface area contributed by atoms with E-state index in [2.05, 4.69) is 19.9 Å². The van der Waals surface area contributed by atoms with Crippen molar-refractivity contribution in [1.82, 2.24) is 19.9 Å². The van der Waals surface area contributed by atoms with Gasteiger partial charge in [0, 0.05) is 69.9 Å². The van der Waals surface area contributed by atoms with Crippen LogP contribution < -0.4 is 21.4 Å². The molecule has 12 nitrogen and oxygen atoms in total. The Hall–Kier alpha value is -5.52. The fourth-order valence-corrected chi connectivity index (χ4v) is 6.97. The van der Waals surface area contributed by atoms with Crippen molar-refractivity contribution in [3.05, 3.63) is 88.7 Å². The Labute approximate surface area is 302 Å². The Balaban J connectivity index is 1.86. The molecule has 5 rings (SSSR count). The number of esters is 4. The number of aromatic amines is 4. The van der Waals surface area contributed by atoms with Crippen molar-refractivity contribution in [2.75, 3.05) is 28.4 Å². The average molecular weight is 713 g/mol. The Morgan fingerprint density at radius 2 is 0.692 bits per heavy atom. The van der Waals surface area contributed by atoms with Crippen molar-refractivity contribution in [1.29, 1.82) is 0 Å². The summed E-state index contributed by atoms with van der Waals surface area (Å²) in [5, 5.41) is 3.38. The molecule has 0 atom stereocenters. The van der Waals surface area contributed by atoms with Crippen LogP contribution in [-0.4, -0.2) is 72.3 Å². The fraction of sp³-hybridized carbons (Fsp3) is 0.400. The van der Waals surface area contributed by atoms with Gasteiger partial charge in [0.05, 0.1) is 28.4 Å². The van der Waals surface area contributed by atoms with Gasteiger partial charge in [-0.2, -0.15) is 0 Å². The Bertz CT molecular complexity index is 2120. The molecule has 0 fully saturated rings. The summed E-state index contributed by atoms with van der Waals surface area (Å²) in [4.78, 5) is 63.6. The maximum Gasteiger partial charge on any atom is 0.305 e. The second-order valence-electron chi connectivity index (χ2n) is 13.1. The fourth-order valence-electron chi connectivity index (χ4n) is 6.97. The number of hydrogen-bond acceptors (Lipinski definition) is 8. The van der Waals surface area contributed by atoms with Crippen molar-refractivity contribution >= 4 is 48.2 Å². The molecule has 0 radical (unpaired) electrons. The summed E-state index contributed by atoms with van der Waals surface area (Å²) in [5.41, 5.74) is 11.2. The van der Waals surface area contributed by atoms with Gasteiger partial charge in [-0.15, -0.1) is 0 Å². The van der Waals surface area contributed by atoms with Crippen LogP contribution in [0.1, 0.15) is 93.0 Å². The number of hydrogen-bond donors (Lipinski definition) is 4. The third-order valence-electron chi connectivity index (χ3n) is 10.2. The first kappa shape index (κ1) is 37.7. The summed E-state index contributed by atoms with van der Waals surface area (Å²) >= 11 is 0. The number of nitrogens with one attached hydrogen (secondary N) is 4. The van der Waals surface area contributed by atoms with Crippen LogP contribution in [0.4, 0.5) is 0 Å². The lowest BCUT2D eigenvalue weighted by Crippen LogP contribution is -2.14. The van der Waals surface area contributed by atoms with Crippen LogP contribution in [0, 0.1) is 27.7 Å². The molecule has 0 saturated heterocycles. The highest BCUT2D eigenvalue weighted by Crippen LogP contribution is 2.24. The van der Waals surface area contributed by atoms with Gasteiger partial charge in [-0.1, -0.05) is 0 Å². The molecule has 12 heteroatoms. The first-order chi connectivity index (χ1) is 24.9. The largest absolute Gasteiger partial charge is 0.469 e. The summed E-state index contributed by atoms with van der Waals surface area (Å²) in [5.74, 6) is -1.20. The van der Waals surface area contributed by atoms with Gasteiger partial charge in [0.15, 0.2) is 0 Å². The van der Waals surface area contributed by atoms with Crippen LogP contribution in [0.2, 0.25) is 0 Å². The van der Waals surface area contributed by atoms with E-state index in [1.165, 1.54) is 28.4 Å². The first-order valence-electron chi connectivity index (χ1n) is 17.4. The molecular formula is C40H48N4O8. The summed E-state index contributed by atoms with van der Waals surface area (Å²) < 4.78 is 19.9. The van der Waals surface area contributed by atoms with Crippen molar-refractivity contribution in [3.8, 4) is 0 Å². The average Bonchev–Trinajstić information content (AvgIpc) is 3.80. The van der Waals surface area contributed by atoms with E-state index in [-0.39, 0.29) is 49.6 Å². The molecule has 0 amide bonds. The van der Waals surface area contributed by atoms with Crippen LogP contribution in [0.5, 0.6) is 0 Å². The minimum absolute atomic E-state index is 0.209. The van der Waals surface area contributed by atoms with E-state index in [0.717, 1.165) is 88.7 Å². The molecule has 0 unspecified atom stereocenters. The lowest BCUT2D eigenvalue weighted by atomic mass is 10.0. The number of rotatable bonds is 12. The van der Waals surface area contributed by atoms with Crippen molar-refractivity contribution < 1.29 is 38.1 Å². The minimum Gasteiger partial charge on any atom is -0.469 e.